The number of halogens is 1. The van der Waals surface area contributed by atoms with Crippen LogP contribution in [0.2, 0.25) is 0 Å². The molecule has 2 aromatic rings. The molecule has 0 bridgehead atoms. The number of aromatic nitrogens is 2. The second-order valence-corrected chi connectivity index (χ2v) is 6.90. The molecular formula is C13H18BrN3S. The van der Waals surface area contributed by atoms with Crippen LogP contribution in [0.1, 0.15) is 30.2 Å². The molecule has 0 saturated carbocycles. The first-order chi connectivity index (χ1) is 8.63. The minimum Gasteiger partial charge on any atom is -0.369 e. The first kappa shape index (κ1) is 13.7. The molecule has 1 unspecified atom stereocenters. The zero-order chi connectivity index (χ0) is 13.1. The first-order valence-electron chi connectivity index (χ1n) is 6.22. The molecule has 1 N–H and O–H groups in total. The lowest BCUT2D eigenvalue weighted by Gasteiger charge is -2.09. The molecule has 18 heavy (non-hydrogen) atoms. The fraction of sp³-hybridized carbons (Fsp3) is 0.538. The second-order valence-electron chi connectivity index (χ2n) is 4.41. The average Bonchev–Trinajstić information content (AvgIpc) is 2.66. The van der Waals surface area contributed by atoms with Crippen molar-refractivity contribution in [2.24, 2.45) is 0 Å². The van der Waals surface area contributed by atoms with Crippen molar-refractivity contribution in [2.75, 3.05) is 11.9 Å². The molecule has 0 fully saturated rings. The van der Waals surface area contributed by atoms with Crippen molar-refractivity contribution in [3.63, 3.8) is 0 Å². The van der Waals surface area contributed by atoms with Crippen LogP contribution in [0.3, 0.4) is 0 Å². The Labute approximate surface area is 120 Å². The summed E-state index contributed by atoms with van der Waals surface area (Å²) in [5, 5.41) is 4.62. The second kappa shape index (κ2) is 5.97. The summed E-state index contributed by atoms with van der Waals surface area (Å²) >= 11 is 5.38. The lowest BCUT2D eigenvalue weighted by atomic mass is 10.2. The van der Waals surface area contributed by atoms with Crippen LogP contribution in [-0.2, 0) is 0 Å². The van der Waals surface area contributed by atoms with Crippen LogP contribution >= 0.6 is 27.3 Å². The fourth-order valence-electron chi connectivity index (χ4n) is 1.87. The van der Waals surface area contributed by atoms with Gasteiger partial charge in [-0.25, -0.2) is 9.97 Å². The summed E-state index contributed by atoms with van der Waals surface area (Å²) in [6, 6.07) is 0. The van der Waals surface area contributed by atoms with Gasteiger partial charge in [-0.1, -0.05) is 22.9 Å². The smallest absolute Gasteiger partial charge is 0.138 e. The molecule has 5 heteroatoms. The van der Waals surface area contributed by atoms with Crippen LogP contribution in [-0.4, -0.2) is 21.3 Å². The van der Waals surface area contributed by atoms with Crippen molar-refractivity contribution < 1.29 is 0 Å². The molecule has 0 amide bonds. The summed E-state index contributed by atoms with van der Waals surface area (Å²) in [5.41, 5.74) is 1.30. The number of aryl methyl sites for hydroxylation is 2. The maximum absolute atomic E-state index is 4.37. The molecule has 0 saturated heterocycles. The molecule has 3 nitrogen and oxygen atoms in total. The minimum atomic E-state index is 0.577. The molecular weight excluding hydrogens is 310 g/mol. The van der Waals surface area contributed by atoms with Gasteiger partial charge < -0.3 is 5.32 Å². The third-order valence-electron chi connectivity index (χ3n) is 3.16. The predicted octanol–water partition coefficient (Wildman–Crippen LogP) is 4.28. The summed E-state index contributed by atoms with van der Waals surface area (Å²) in [5.74, 6) is 0.970. The highest BCUT2D eigenvalue weighted by atomic mass is 79.9. The Morgan fingerprint density at radius 2 is 2.17 bits per heavy atom. The third-order valence-corrected chi connectivity index (χ3v) is 5.38. The molecule has 0 aliphatic carbocycles. The van der Waals surface area contributed by atoms with Gasteiger partial charge in [-0.05, 0) is 32.3 Å². The van der Waals surface area contributed by atoms with E-state index in [0.717, 1.165) is 30.0 Å². The van der Waals surface area contributed by atoms with Gasteiger partial charge in [-0.15, -0.1) is 11.3 Å². The van der Waals surface area contributed by atoms with Gasteiger partial charge in [-0.2, -0.15) is 0 Å². The molecule has 2 rings (SSSR count). The molecule has 0 radical (unpaired) electrons. The van der Waals surface area contributed by atoms with E-state index in [0.29, 0.717) is 4.83 Å². The highest BCUT2D eigenvalue weighted by Crippen LogP contribution is 2.32. The lowest BCUT2D eigenvalue weighted by Crippen LogP contribution is -2.09. The van der Waals surface area contributed by atoms with E-state index in [4.69, 9.17) is 0 Å². The number of hydrogen-bond acceptors (Lipinski definition) is 4. The van der Waals surface area contributed by atoms with Gasteiger partial charge in [0.25, 0.3) is 0 Å². The molecule has 1 atom stereocenters. The molecule has 0 aromatic carbocycles. The molecule has 0 spiro atoms. The Hall–Kier alpha value is -0.680. The van der Waals surface area contributed by atoms with Crippen LogP contribution in [0.4, 0.5) is 5.82 Å². The van der Waals surface area contributed by atoms with Crippen LogP contribution in [0.25, 0.3) is 10.2 Å². The quantitative estimate of drug-likeness (QED) is 0.832. The van der Waals surface area contributed by atoms with Gasteiger partial charge in [0.1, 0.15) is 17.0 Å². The van der Waals surface area contributed by atoms with Crippen molar-refractivity contribution in [3.8, 4) is 0 Å². The monoisotopic (exact) mass is 327 g/mol. The predicted molar refractivity (Wildman–Crippen MR) is 83.0 cm³/mol. The van der Waals surface area contributed by atoms with Crippen LogP contribution < -0.4 is 5.32 Å². The zero-order valence-electron chi connectivity index (χ0n) is 11.0. The summed E-state index contributed by atoms with van der Waals surface area (Å²) < 4.78 is 0. The van der Waals surface area contributed by atoms with Crippen molar-refractivity contribution >= 4 is 43.3 Å². The van der Waals surface area contributed by atoms with Gasteiger partial charge in [0, 0.05) is 16.2 Å². The number of thiophene rings is 1. The van der Waals surface area contributed by atoms with Crippen molar-refractivity contribution in [2.45, 2.75) is 38.4 Å². The Bertz CT molecular complexity index is 538. The number of rotatable bonds is 5. The van der Waals surface area contributed by atoms with E-state index in [9.17, 15) is 0 Å². The third kappa shape index (κ3) is 2.83. The van der Waals surface area contributed by atoms with Crippen LogP contribution in [0, 0.1) is 13.8 Å². The van der Waals surface area contributed by atoms with Crippen molar-refractivity contribution in [3.05, 3.63) is 16.8 Å². The summed E-state index contributed by atoms with van der Waals surface area (Å²) in [6.45, 7) is 7.40. The first-order valence-corrected chi connectivity index (χ1v) is 7.95. The normalized spacial score (nSPS) is 12.9. The fourth-order valence-corrected chi connectivity index (χ4v) is 3.09. The highest BCUT2D eigenvalue weighted by Gasteiger charge is 2.11. The Morgan fingerprint density at radius 3 is 2.89 bits per heavy atom. The maximum atomic E-state index is 4.37. The van der Waals surface area contributed by atoms with E-state index in [1.807, 2.05) is 0 Å². The number of alkyl halides is 1. The summed E-state index contributed by atoms with van der Waals surface area (Å²) in [7, 11) is 0. The van der Waals surface area contributed by atoms with Gasteiger partial charge in [0.05, 0.1) is 5.39 Å². The van der Waals surface area contributed by atoms with E-state index >= 15 is 0 Å². The number of hydrogen-bond donors (Lipinski definition) is 1. The van der Waals surface area contributed by atoms with Gasteiger partial charge >= 0.3 is 0 Å². The van der Waals surface area contributed by atoms with E-state index < -0.39 is 0 Å². The maximum Gasteiger partial charge on any atom is 0.138 e. The minimum absolute atomic E-state index is 0.577. The molecule has 98 valence electrons. The lowest BCUT2D eigenvalue weighted by molar-refractivity contribution is 0.773. The Balaban J connectivity index is 2.18. The van der Waals surface area contributed by atoms with E-state index in [1.54, 1.807) is 17.7 Å². The largest absolute Gasteiger partial charge is 0.369 e. The van der Waals surface area contributed by atoms with Crippen molar-refractivity contribution in [1.29, 1.82) is 0 Å². The number of anilines is 1. The average molecular weight is 328 g/mol. The zero-order valence-corrected chi connectivity index (χ0v) is 13.4. The topological polar surface area (TPSA) is 37.8 Å². The highest BCUT2D eigenvalue weighted by molar-refractivity contribution is 9.09. The summed E-state index contributed by atoms with van der Waals surface area (Å²) in [6.07, 6.45) is 3.90. The number of fused-ring (bicyclic) bond motifs is 1. The molecule has 0 aliphatic rings. The number of nitrogens with zero attached hydrogens (tertiary/aromatic N) is 2. The van der Waals surface area contributed by atoms with Gasteiger partial charge in [0.2, 0.25) is 0 Å². The van der Waals surface area contributed by atoms with E-state index in [1.165, 1.54) is 15.8 Å². The SMILES string of the molecule is CCC(Br)CCNc1ncnc2sc(C)c(C)c12. The van der Waals surface area contributed by atoms with E-state index in [-0.39, 0.29) is 0 Å². The summed E-state index contributed by atoms with van der Waals surface area (Å²) in [4.78, 5) is 11.7. The van der Waals surface area contributed by atoms with E-state index in [2.05, 4.69) is 52.0 Å². The van der Waals surface area contributed by atoms with Gasteiger partial charge in [-0.3, -0.25) is 0 Å². The standard InChI is InChI=1S/C13H18BrN3S/c1-4-10(14)5-6-15-12-11-8(2)9(3)18-13(11)17-7-16-12/h7,10H,4-6H2,1-3H3,(H,15,16,17). The Morgan fingerprint density at radius 1 is 1.39 bits per heavy atom. The van der Waals surface area contributed by atoms with Gasteiger partial charge in [0.15, 0.2) is 0 Å². The molecule has 0 aliphatic heterocycles. The van der Waals surface area contributed by atoms with Crippen molar-refractivity contribution in [1.82, 2.24) is 9.97 Å². The van der Waals surface area contributed by atoms with Crippen LogP contribution in [0.15, 0.2) is 6.33 Å². The van der Waals surface area contributed by atoms with Crippen LogP contribution in [0.5, 0.6) is 0 Å². The Kier molecular flexibility index (Phi) is 4.56. The number of nitrogens with one attached hydrogen (secondary N) is 1. The molecule has 2 heterocycles. The molecule has 2 aromatic heterocycles.